The van der Waals surface area contributed by atoms with Gasteiger partial charge in [0.2, 0.25) is 0 Å². The molecule has 0 radical (unpaired) electrons. The molecule has 0 saturated carbocycles. The van der Waals surface area contributed by atoms with E-state index in [4.69, 9.17) is 0 Å². The summed E-state index contributed by atoms with van der Waals surface area (Å²) >= 11 is -0.206. The van der Waals surface area contributed by atoms with E-state index in [1.807, 2.05) is 0 Å². The van der Waals surface area contributed by atoms with E-state index in [9.17, 15) is 19.2 Å². The molecule has 2 aromatic carbocycles. The van der Waals surface area contributed by atoms with Crippen LogP contribution in [0.3, 0.4) is 0 Å². The Hall–Kier alpha value is -2.76. The number of esters is 4. The van der Waals surface area contributed by atoms with E-state index in [1.54, 1.807) is 36.4 Å². The zero-order valence-electron chi connectivity index (χ0n) is 11.3. The first-order valence-corrected chi connectivity index (χ1v) is 8.23. The van der Waals surface area contributed by atoms with Crippen molar-refractivity contribution in [3.05, 3.63) is 58.7 Å². The summed E-state index contributed by atoms with van der Waals surface area (Å²) in [6, 6.07) is 9.86. The van der Waals surface area contributed by atoms with Gasteiger partial charge in [-0.05, 0) is 0 Å². The van der Waals surface area contributed by atoms with Crippen LogP contribution >= 0.6 is 0 Å². The SMILES string of the molecule is O=C1OC(=O)c2cc([Se]c3ccc4c(c3)C(=O)OC4=O)ccc21. The van der Waals surface area contributed by atoms with Crippen LogP contribution < -0.4 is 8.92 Å². The zero-order valence-corrected chi connectivity index (χ0v) is 13.0. The molecule has 0 unspecified atom stereocenters. The number of rotatable bonds is 2. The maximum absolute atomic E-state index is 11.6. The van der Waals surface area contributed by atoms with Crippen molar-refractivity contribution in [2.45, 2.75) is 0 Å². The summed E-state index contributed by atoms with van der Waals surface area (Å²) in [5.41, 5.74) is 1.03. The van der Waals surface area contributed by atoms with Crippen molar-refractivity contribution in [2.24, 2.45) is 0 Å². The second-order valence-electron chi connectivity index (χ2n) is 4.87. The van der Waals surface area contributed by atoms with Crippen molar-refractivity contribution in [3.8, 4) is 0 Å². The van der Waals surface area contributed by atoms with Gasteiger partial charge in [0.25, 0.3) is 0 Å². The number of ether oxygens (including phenoxy) is 2. The van der Waals surface area contributed by atoms with Crippen molar-refractivity contribution in [2.75, 3.05) is 0 Å². The summed E-state index contributed by atoms with van der Waals surface area (Å²) < 4.78 is 10.8. The molecular formula is C16H6O6Se. The zero-order chi connectivity index (χ0) is 16.1. The fraction of sp³-hybridized carbons (Fsp3) is 0. The molecule has 0 atom stereocenters. The van der Waals surface area contributed by atoms with Crippen molar-refractivity contribution in [3.63, 3.8) is 0 Å². The number of carbonyl (C=O) groups is 4. The summed E-state index contributed by atoms with van der Waals surface area (Å²) in [6.07, 6.45) is 0. The normalized spacial score (nSPS) is 15.3. The van der Waals surface area contributed by atoms with E-state index in [0.717, 1.165) is 8.92 Å². The Morgan fingerprint density at radius 2 is 0.957 bits per heavy atom. The molecule has 112 valence electrons. The van der Waals surface area contributed by atoms with Crippen molar-refractivity contribution < 1.29 is 28.7 Å². The maximum atomic E-state index is 11.6. The summed E-state index contributed by atoms with van der Waals surface area (Å²) in [6.45, 7) is 0. The first-order valence-electron chi connectivity index (χ1n) is 6.52. The second kappa shape index (κ2) is 4.87. The summed E-state index contributed by atoms with van der Waals surface area (Å²) in [5.74, 6) is -2.57. The van der Waals surface area contributed by atoms with Gasteiger partial charge in [-0.1, -0.05) is 0 Å². The average molecular weight is 373 g/mol. The molecule has 0 amide bonds. The van der Waals surface area contributed by atoms with Gasteiger partial charge in [-0.3, -0.25) is 0 Å². The van der Waals surface area contributed by atoms with E-state index < -0.39 is 23.9 Å². The fourth-order valence-electron chi connectivity index (χ4n) is 2.39. The van der Waals surface area contributed by atoms with E-state index in [0.29, 0.717) is 0 Å². The number of hydrogen-bond acceptors (Lipinski definition) is 6. The monoisotopic (exact) mass is 374 g/mol. The molecule has 0 spiro atoms. The van der Waals surface area contributed by atoms with E-state index in [2.05, 4.69) is 9.47 Å². The van der Waals surface area contributed by atoms with Gasteiger partial charge in [0.05, 0.1) is 0 Å². The predicted molar refractivity (Wildman–Crippen MR) is 77.4 cm³/mol. The summed E-state index contributed by atoms with van der Waals surface area (Å²) in [7, 11) is 0. The first-order chi connectivity index (χ1) is 11.0. The van der Waals surface area contributed by atoms with Crippen molar-refractivity contribution in [1.82, 2.24) is 0 Å². The number of benzene rings is 2. The third-order valence-corrected chi connectivity index (χ3v) is 5.52. The Kier molecular flexibility index (Phi) is 2.94. The van der Waals surface area contributed by atoms with Crippen LogP contribution in [0.15, 0.2) is 36.4 Å². The molecule has 2 aliphatic rings. The number of hydrogen-bond donors (Lipinski definition) is 0. The van der Waals surface area contributed by atoms with Gasteiger partial charge in [-0.15, -0.1) is 0 Å². The van der Waals surface area contributed by atoms with Crippen LogP contribution in [-0.2, 0) is 9.47 Å². The van der Waals surface area contributed by atoms with Crippen LogP contribution in [0.1, 0.15) is 41.4 Å². The Morgan fingerprint density at radius 1 is 0.565 bits per heavy atom. The molecule has 2 heterocycles. The summed E-state index contributed by atoms with van der Waals surface area (Å²) in [5, 5.41) is 0. The topological polar surface area (TPSA) is 86.7 Å². The van der Waals surface area contributed by atoms with Gasteiger partial charge < -0.3 is 0 Å². The molecule has 0 aliphatic carbocycles. The fourth-order valence-corrected chi connectivity index (χ4v) is 4.28. The molecule has 0 saturated heterocycles. The van der Waals surface area contributed by atoms with Gasteiger partial charge in [-0.25, -0.2) is 0 Å². The van der Waals surface area contributed by atoms with Gasteiger partial charge in [0.1, 0.15) is 0 Å². The van der Waals surface area contributed by atoms with Gasteiger partial charge in [-0.2, -0.15) is 0 Å². The van der Waals surface area contributed by atoms with E-state index >= 15 is 0 Å². The Morgan fingerprint density at radius 3 is 1.39 bits per heavy atom. The molecule has 2 aromatic rings. The summed E-state index contributed by atoms with van der Waals surface area (Å²) in [4.78, 5) is 46.0. The van der Waals surface area contributed by atoms with Crippen molar-refractivity contribution >= 4 is 47.8 Å². The predicted octanol–water partition coefficient (Wildman–Crippen LogP) is -0.0372. The Labute approximate surface area is 135 Å². The van der Waals surface area contributed by atoms with E-state index in [1.165, 1.54) is 0 Å². The van der Waals surface area contributed by atoms with Crippen molar-refractivity contribution in [1.29, 1.82) is 0 Å². The average Bonchev–Trinajstić information content (AvgIpc) is 2.96. The molecule has 0 aromatic heterocycles. The quantitative estimate of drug-likeness (QED) is 0.417. The molecule has 7 heteroatoms. The third kappa shape index (κ3) is 2.18. The molecule has 6 nitrogen and oxygen atoms in total. The van der Waals surface area contributed by atoms with Gasteiger partial charge in [0.15, 0.2) is 0 Å². The second-order valence-corrected chi connectivity index (χ2v) is 7.28. The molecule has 0 bridgehead atoms. The molecule has 23 heavy (non-hydrogen) atoms. The molecular weight excluding hydrogens is 367 g/mol. The number of carbonyl (C=O) groups excluding carboxylic acids is 4. The number of fused-ring (bicyclic) bond motifs is 2. The van der Waals surface area contributed by atoms with Crippen LogP contribution in [0.2, 0.25) is 0 Å². The molecule has 2 aliphatic heterocycles. The van der Waals surface area contributed by atoms with Gasteiger partial charge >= 0.3 is 135 Å². The minimum atomic E-state index is -0.647. The van der Waals surface area contributed by atoms with Crippen LogP contribution in [0, 0.1) is 0 Å². The molecule has 4 rings (SSSR count). The van der Waals surface area contributed by atoms with Gasteiger partial charge in [0, 0.05) is 0 Å². The first kappa shape index (κ1) is 13.9. The third-order valence-electron chi connectivity index (χ3n) is 3.47. The van der Waals surface area contributed by atoms with Crippen LogP contribution in [0.5, 0.6) is 0 Å². The van der Waals surface area contributed by atoms with Crippen LogP contribution in [0.4, 0.5) is 0 Å². The Balaban J connectivity index is 1.68. The molecule has 0 fully saturated rings. The van der Waals surface area contributed by atoms with E-state index in [-0.39, 0.29) is 37.2 Å². The standard InChI is InChI=1S/C16H6O6Se/c17-13-9-3-1-7(5-11(9)15(19)21-13)23-8-2-4-10-12(6-8)16(20)22-14(10)18/h1-6H. The Bertz CT molecular complexity index is 855. The van der Waals surface area contributed by atoms with Crippen LogP contribution in [-0.4, -0.2) is 38.8 Å². The number of cyclic esters (lactones) is 4. The molecule has 0 N–H and O–H groups in total. The van der Waals surface area contributed by atoms with Crippen LogP contribution in [0.25, 0.3) is 0 Å². The minimum absolute atomic E-state index is 0.206.